The van der Waals surface area contributed by atoms with E-state index < -0.39 is 43.2 Å². The third-order valence-corrected chi connectivity index (χ3v) is 5.04. The Morgan fingerprint density at radius 2 is 2.19 bits per heavy atom. The summed E-state index contributed by atoms with van der Waals surface area (Å²) in [6.07, 6.45) is -1.99. The summed E-state index contributed by atoms with van der Waals surface area (Å²) in [5.74, 6) is 0.428. The molecule has 4 rings (SSSR count). The SMILES string of the molecule is CO[C@@H]1OC2C(O1)[C@@](C#N)(COC(=O)OCC(C)C)O[C@H]2c1ccc2c(N)ncnn12. The number of anilines is 1. The number of carbonyl (C=O) groups is 1. The van der Waals surface area contributed by atoms with Crippen LogP contribution in [0.15, 0.2) is 18.5 Å². The second-order valence-electron chi connectivity index (χ2n) is 7.67. The van der Waals surface area contributed by atoms with Gasteiger partial charge >= 0.3 is 6.16 Å². The van der Waals surface area contributed by atoms with Crippen molar-refractivity contribution >= 4 is 17.5 Å². The molecular formula is C19H23N5O7. The van der Waals surface area contributed by atoms with Gasteiger partial charge in [-0.2, -0.15) is 10.4 Å². The predicted octanol–water partition coefficient (Wildman–Crippen LogP) is 1.17. The Morgan fingerprint density at radius 1 is 1.39 bits per heavy atom. The van der Waals surface area contributed by atoms with E-state index in [0.29, 0.717) is 11.2 Å². The smallest absolute Gasteiger partial charge is 0.434 e. The number of nitrogen functional groups attached to an aromatic ring is 1. The number of nitrogens with two attached hydrogens (primary N) is 1. The van der Waals surface area contributed by atoms with Gasteiger partial charge < -0.3 is 34.2 Å². The molecule has 2 saturated heterocycles. The average Bonchev–Trinajstić information content (AvgIpc) is 3.44. The average molecular weight is 433 g/mol. The van der Waals surface area contributed by atoms with Crippen molar-refractivity contribution in [3.63, 3.8) is 0 Å². The first-order chi connectivity index (χ1) is 14.9. The van der Waals surface area contributed by atoms with E-state index in [1.165, 1.54) is 13.4 Å². The van der Waals surface area contributed by atoms with Gasteiger partial charge in [0, 0.05) is 7.11 Å². The highest BCUT2D eigenvalue weighted by Gasteiger charge is 2.63. The van der Waals surface area contributed by atoms with Crippen molar-refractivity contribution in [2.75, 3.05) is 26.1 Å². The molecule has 166 valence electrons. The van der Waals surface area contributed by atoms with E-state index in [9.17, 15) is 10.1 Å². The lowest BCUT2D eigenvalue weighted by molar-refractivity contribution is -0.259. The maximum absolute atomic E-state index is 12.0. The third-order valence-electron chi connectivity index (χ3n) is 5.04. The molecule has 12 heteroatoms. The molecule has 2 aromatic heterocycles. The van der Waals surface area contributed by atoms with Gasteiger partial charge in [0.1, 0.15) is 42.8 Å². The van der Waals surface area contributed by atoms with Crippen molar-refractivity contribution < 1.29 is 33.2 Å². The zero-order valence-electron chi connectivity index (χ0n) is 17.3. The second-order valence-corrected chi connectivity index (χ2v) is 7.67. The molecule has 2 fully saturated rings. The lowest BCUT2D eigenvalue weighted by atomic mass is 9.96. The molecule has 2 N–H and O–H groups in total. The molecule has 2 aliphatic rings. The molecule has 2 aliphatic heterocycles. The Balaban J connectivity index is 1.62. The summed E-state index contributed by atoms with van der Waals surface area (Å²) in [6, 6.07) is 5.56. The van der Waals surface area contributed by atoms with Crippen LogP contribution in [0.5, 0.6) is 0 Å². The quantitative estimate of drug-likeness (QED) is 0.653. The first-order valence-corrected chi connectivity index (χ1v) is 9.69. The standard InChI is InChI=1S/C19H23N5O7/c1-10(2)6-27-17(25)28-8-19(7-20)15-14(29-18(26-3)30-15)13(31-19)11-4-5-12-16(21)22-9-23-24(11)12/h4-5,9-10,13-15,18H,6,8H2,1-3H3,(H2,21,22,23)/t13-,14?,15?,18+,19+/m0/s1. The fourth-order valence-electron chi connectivity index (χ4n) is 3.60. The molecule has 12 nitrogen and oxygen atoms in total. The number of carbonyl (C=O) groups excluding carboxylic acids is 1. The summed E-state index contributed by atoms with van der Waals surface area (Å²) < 4.78 is 34.6. The van der Waals surface area contributed by atoms with Crippen LogP contribution in [-0.4, -0.2) is 65.4 Å². The predicted molar refractivity (Wildman–Crippen MR) is 102 cm³/mol. The van der Waals surface area contributed by atoms with Crippen molar-refractivity contribution in [3.05, 3.63) is 24.2 Å². The van der Waals surface area contributed by atoms with Gasteiger partial charge in [-0.1, -0.05) is 13.8 Å². The van der Waals surface area contributed by atoms with Crippen LogP contribution < -0.4 is 5.73 Å². The van der Waals surface area contributed by atoms with Gasteiger partial charge in [0.05, 0.1) is 12.3 Å². The minimum atomic E-state index is -1.65. The number of aromatic nitrogens is 3. The van der Waals surface area contributed by atoms with Crippen LogP contribution in [0.2, 0.25) is 0 Å². The van der Waals surface area contributed by atoms with Crippen molar-refractivity contribution in [1.82, 2.24) is 14.6 Å². The fourth-order valence-corrected chi connectivity index (χ4v) is 3.60. The van der Waals surface area contributed by atoms with Gasteiger partial charge in [0.15, 0.2) is 5.82 Å². The lowest BCUT2D eigenvalue weighted by Crippen LogP contribution is -2.46. The number of methoxy groups -OCH3 is 1. The topological polar surface area (TPSA) is 152 Å². The highest BCUT2D eigenvalue weighted by Crippen LogP contribution is 2.47. The van der Waals surface area contributed by atoms with Crippen LogP contribution in [0.25, 0.3) is 5.52 Å². The second kappa shape index (κ2) is 8.27. The number of nitrogens with zero attached hydrogens (tertiary/aromatic N) is 4. The maximum Gasteiger partial charge on any atom is 0.508 e. The van der Waals surface area contributed by atoms with Crippen LogP contribution in [0, 0.1) is 17.2 Å². The molecular weight excluding hydrogens is 410 g/mol. The molecule has 0 aromatic carbocycles. The molecule has 0 saturated carbocycles. The maximum atomic E-state index is 12.0. The number of rotatable bonds is 6. The van der Waals surface area contributed by atoms with E-state index in [0.717, 1.165) is 0 Å². The Kier molecular flexibility index (Phi) is 5.67. The fraction of sp³-hybridized carbons (Fsp3) is 0.579. The zero-order chi connectivity index (χ0) is 22.2. The summed E-state index contributed by atoms with van der Waals surface area (Å²) in [4.78, 5) is 15.9. The summed E-state index contributed by atoms with van der Waals surface area (Å²) in [5.41, 5.74) is 5.41. The van der Waals surface area contributed by atoms with Crippen LogP contribution in [-0.2, 0) is 28.4 Å². The Labute approximate surface area is 177 Å². The number of hydrogen-bond donors (Lipinski definition) is 1. The summed E-state index contributed by atoms with van der Waals surface area (Å²) in [5, 5.41) is 14.2. The summed E-state index contributed by atoms with van der Waals surface area (Å²) in [7, 11) is 1.41. The highest BCUT2D eigenvalue weighted by atomic mass is 16.9. The molecule has 2 aromatic rings. The van der Waals surface area contributed by atoms with Gasteiger partial charge in [-0.05, 0) is 18.1 Å². The van der Waals surface area contributed by atoms with Gasteiger partial charge in [0.2, 0.25) is 5.60 Å². The molecule has 0 radical (unpaired) electrons. The van der Waals surface area contributed by atoms with E-state index in [1.54, 1.807) is 16.6 Å². The first kappa shape index (κ1) is 21.3. The van der Waals surface area contributed by atoms with Crippen LogP contribution in [0.4, 0.5) is 10.6 Å². The third kappa shape index (κ3) is 3.77. The van der Waals surface area contributed by atoms with Gasteiger partial charge in [-0.15, -0.1) is 0 Å². The van der Waals surface area contributed by atoms with E-state index in [2.05, 4.69) is 16.2 Å². The Hall–Kier alpha value is -2.98. The summed E-state index contributed by atoms with van der Waals surface area (Å²) in [6.45, 7) is 2.56. The Bertz CT molecular complexity index is 1010. The van der Waals surface area contributed by atoms with E-state index in [-0.39, 0.29) is 18.3 Å². The van der Waals surface area contributed by atoms with Crippen LogP contribution in [0.1, 0.15) is 25.6 Å². The molecule has 0 amide bonds. The van der Waals surface area contributed by atoms with Crippen molar-refractivity contribution in [2.24, 2.45) is 5.92 Å². The first-order valence-electron chi connectivity index (χ1n) is 9.69. The minimum Gasteiger partial charge on any atom is -0.434 e. The van der Waals surface area contributed by atoms with E-state index in [4.69, 9.17) is 34.2 Å². The Morgan fingerprint density at radius 3 is 2.90 bits per heavy atom. The normalized spacial score (nSPS) is 29.8. The minimum absolute atomic E-state index is 0.139. The van der Waals surface area contributed by atoms with Crippen molar-refractivity contribution in [3.8, 4) is 6.07 Å². The van der Waals surface area contributed by atoms with E-state index in [1.807, 2.05) is 13.8 Å². The van der Waals surface area contributed by atoms with Crippen molar-refractivity contribution in [1.29, 1.82) is 5.26 Å². The molecule has 5 atom stereocenters. The molecule has 0 aliphatic carbocycles. The van der Waals surface area contributed by atoms with Crippen molar-refractivity contribution in [2.45, 2.75) is 44.2 Å². The molecule has 4 heterocycles. The molecule has 0 spiro atoms. The lowest BCUT2D eigenvalue weighted by Gasteiger charge is -2.26. The highest BCUT2D eigenvalue weighted by molar-refractivity contribution is 5.65. The molecule has 0 bridgehead atoms. The number of fused-ring (bicyclic) bond motifs is 2. The van der Waals surface area contributed by atoms with Gasteiger partial charge in [-0.25, -0.2) is 14.3 Å². The monoisotopic (exact) mass is 433 g/mol. The number of nitriles is 1. The van der Waals surface area contributed by atoms with Gasteiger partial charge in [0.25, 0.3) is 6.48 Å². The number of hydrogen-bond acceptors (Lipinski definition) is 11. The van der Waals surface area contributed by atoms with E-state index >= 15 is 0 Å². The zero-order valence-corrected chi connectivity index (χ0v) is 17.3. The van der Waals surface area contributed by atoms with Gasteiger partial charge in [-0.3, -0.25) is 0 Å². The molecule has 31 heavy (non-hydrogen) atoms. The van der Waals surface area contributed by atoms with Crippen LogP contribution in [0.3, 0.4) is 0 Å². The number of ether oxygens (including phenoxy) is 6. The summed E-state index contributed by atoms with van der Waals surface area (Å²) >= 11 is 0. The molecule has 2 unspecified atom stereocenters. The van der Waals surface area contributed by atoms with Crippen LogP contribution >= 0.6 is 0 Å². The largest absolute Gasteiger partial charge is 0.508 e.